The number of carbonyl (C=O) groups is 1. The first-order valence-electron chi connectivity index (χ1n) is 10.2. The molecule has 0 radical (unpaired) electrons. The number of nitrogens with zero attached hydrogens (tertiary/aromatic N) is 2. The monoisotopic (exact) mass is 418 g/mol. The third-order valence-electron chi connectivity index (χ3n) is 5.36. The number of pyridine rings is 1. The lowest BCUT2D eigenvalue weighted by atomic mass is 10.0. The summed E-state index contributed by atoms with van der Waals surface area (Å²) in [6.45, 7) is 2.45. The Labute approximate surface area is 182 Å². The molecule has 1 aliphatic heterocycles. The number of hydrogen-bond acceptors (Lipinski definition) is 6. The van der Waals surface area contributed by atoms with Gasteiger partial charge in [-0.3, -0.25) is 4.79 Å². The van der Waals surface area contributed by atoms with Crippen LogP contribution in [0.4, 0.5) is 11.5 Å². The zero-order valence-electron chi connectivity index (χ0n) is 17.7. The van der Waals surface area contributed by atoms with Crippen LogP contribution in [0, 0.1) is 0 Å². The van der Waals surface area contributed by atoms with E-state index < -0.39 is 0 Å². The molecule has 0 saturated carbocycles. The molecule has 0 bridgehead atoms. The van der Waals surface area contributed by atoms with Crippen molar-refractivity contribution in [1.82, 2.24) is 10.3 Å². The summed E-state index contributed by atoms with van der Waals surface area (Å²) in [5.41, 5.74) is 2.33. The van der Waals surface area contributed by atoms with E-state index in [1.54, 1.807) is 44.7 Å². The first-order valence-corrected chi connectivity index (χ1v) is 10.2. The second-order valence-electron chi connectivity index (χ2n) is 7.29. The Kier molecular flexibility index (Phi) is 6.33. The molecule has 7 heteroatoms. The number of piperazine rings is 1. The molecule has 4 rings (SSSR count). The van der Waals surface area contributed by atoms with Crippen LogP contribution < -0.4 is 25.0 Å². The molecule has 2 aromatic carbocycles. The van der Waals surface area contributed by atoms with E-state index >= 15 is 0 Å². The zero-order chi connectivity index (χ0) is 21.6. The van der Waals surface area contributed by atoms with Gasteiger partial charge in [-0.1, -0.05) is 30.3 Å². The topological polar surface area (TPSA) is 75.7 Å². The number of nitrogens with one attached hydrogen (secondary N) is 2. The van der Waals surface area contributed by atoms with Crippen molar-refractivity contribution in [1.29, 1.82) is 0 Å². The predicted molar refractivity (Wildman–Crippen MR) is 121 cm³/mol. The average molecular weight is 418 g/mol. The lowest BCUT2D eigenvalue weighted by molar-refractivity contribution is 0.102. The molecular weight excluding hydrogens is 392 g/mol. The first-order chi connectivity index (χ1) is 15.2. The van der Waals surface area contributed by atoms with Crippen LogP contribution in [-0.4, -0.2) is 44.7 Å². The molecule has 1 atom stereocenters. The molecule has 2 heterocycles. The summed E-state index contributed by atoms with van der Waals surface area (Å²) in [6, 6.07) is 19.4. The van der Waals surface area contributed by atoms with Gasteiger partial charge in [0.15, 0.2) is 0 Å². The largest absolute Gasteiger partial charge is 0.497 e. The Hall–Kier alpha value is -3.58. The van der Waals surface area contributed by atoms with E-state index in [4.69, 9.17) is 9.47 Å². The molecule has 1 amide bonds. The molecule has 1 saturated heterocycles. The Morgan fingerprint density at radius 3 is 2.71 bits per heavy atom. The fourth-order valence-corrected chi connectivity index (χ4v) is 3.71. The van der Waals surface area contributed by atoms with E-state index in [-0.39, 0.29) is 11.9 Å². The van der Waals surface area contributed by atoms with Gasteiger partial charge in [-0.25, -0.2) is 4.98 Å². The normalized spacial score (nSPS) is 15.9. The number of amides is 1. The summed E-state index contributed by atoms with van der Waals surface area (Å²) in [4.78, 5) is 19.7. The SMILES string of the molecule is COc1ccc(OC)c(NC(=O)c2ccnc(N3CCN[C@H](c4ccccc4)C3)c2)c1. The third kappa shape index (κ3) is 4.78. The molecule has 0 spiro atoms. The quantitative estimate of drug-likeness (QED) is 0.638. The summed E-state index contributed by atoms with van der Waals surface area (Å²) in [5.74, 6) is 1.76. The third-order valence-corrected chi connectivity index (χ3v) is 5.36. The molecule has 0 unspecified atom stereocenters. The summed E-state index contributed by atoms with van der Waals surface area (Å²) in [5, 5.41) is 6.47. The van der Waals surface area contributed by atoms with Crippen LogP contribution in [0.15, 0.2) is 66.9 Å². The molecular formula is C24H26N4O3. The summed E-state index contributed by atoms with van der Waals surface area (Å²) >= 11 is 0. The number of ether oxygens (including phenoxy) is 2. The number of methoxy groups -OCH3 is 2. The summed E-state index contributed by atoms with van der Waals surface area (Å²) in [7, 11) is 3.15. The molecule has 1 fully saturated rings. The second kappa shape index (κ2) is 9.49. The van der Waals surface area contributed by atoms with E-state index in [0.29, 0.717) is 22.7 Å². The van der Waals surface area contributed by atoms with Crippen molar-refractivity contribution in [3.8, 4) is 11.5 Å². The number of benzene rings is 2. The van der Waals surface area contributed by atoms with Crippen LogP contribution in [0.1, 0.15) is 22.0 Å². The van der Waals surface area contributed by atoms with Crippen molar-refractivity contribution in [2.24, 2.45) is 0 Å². The minimum absolute atomic E-state index is 0.218. The van der Waals surface area contributed by atoms with Crippen molar-refractivity contribution in [3.05, 3.63) is 78.0 Å². The van der Waals surface area contributed by atoms with Crippen LogP contribution >= 0.6 is 0 Å². The highest BCUT2D eigenvalue weighted by atomic mass is 16.5. The minimum atomic E-state index is -0.232. The lowest BCUT2D eigenvalue weighted by Gasteiger charge is -2.34. The Bertz CT molecular complexity index is 1040. The summed E-state index contributed by atoms with van der Waals surface area (Å²) < 4.78 is 10.6. The van der Waals surface area contributed by atoms with Crippen LogP contribution in [0.5, 0.6) is 11.5 Å². The van der Waals surface area contributed by atoms with E-state index in [2.05, 4.69) is 32.7 Å². The Morgan fingerprint density at radius 1 is 1.10 bits per heavy atom. The van der Waals surface area contributed by atoms with Crippen LogP contribution in [-0.2, 0) is 0 Å². The minimum Gasteiger partial charge on any atom is -0.497 e. The van der Waals surface area contributed by atoms with Crippen molar-refractivity contribution < 1.29 is 14.3 Å². The highest BCUT2D eigenvalue weighted by Gasteiger charge is 2.22. The van der Waals surface area contributed by atoms with E-state index in [9.17, 15) is 4.79 Å². The van der Waals surface area contributed by atoms with Crippen LogP contribution in [0.3, 0.4) is 0 Å². The maximum absolute atomic E-state index is 12.9. The molecule has 3 aromatic rings. The van der Waals surface area contributed by atoms with Crippen LogP contribution in [0.2, 0.25) is 0 Å². The van der Waals surface area contributed by atoms with Gasteiger partial charge >= 0.3 is 0 Å². The highest BCUT2D eigenvalue weighted by molar-refractivity contribution is 6.05. The fourth-order valence-electron chi connectivity index (χ4n) is 3.71. The van der Waals surface area contributed by atoms with Gasteiger partial charge in [0, 0.05) is 43.5 Å². The van der Waals surface area contributed by atoms with E-state index in [1.165, 1.54) is 5.56 Å². The molecule has 7 nitrogen and oxygen atoms in total. The number of rotatable bonds is 6. The number of hydrogen-bond donors (Lipinski definition) is 2. The highest BCUT2D eigenvalue weighted by Crippen LogP contribution is 2.29. The average Bonchev–Trinajstić information content (AvgIpc) is 2.84. The second-order valence-corrected chi connectivity index (χ2v) is 7.29. The first kappa shape index (κ1) is 20.7. The maximum atomic E-state index is 12.9. The maximum Gasteiger partial charge on any atom is 0.255 e. The smallest absolute Gasteiger partial charge is 0.255 e. The van der Waals surface area contributed by atoms with Gasteiger partial charge in [-0.15, -0.1) is 0 Å². The van der Waals surface area contributed by atoms with Crippen molar-refractivity contribution in [2.45, 2.75) is 6.04 Å². The Balaban J connectivity index is 1.51. The van der Waals surface area contributed by atoms with Crippen molar-refractivity contribution in [3.63, 3.8) is 0 Å². The number of aromatic nitrogens is 1. The predicted octanol–water partition coefficient (Wildman–Crippen LogP) is 3.50. The van der Waals surface area contributed by atoms with Gasteiger partial charge in [-0.2, -0.15) is 0 Å². The van der Waals surface area contributed by atoms with Gasteiger partial charge in [-0.05, 0) is 29.8 Å². The fraction of sp³-hybridized carbons (Fsp3) is 0.250. The van der Waals surface area contributed by atoms with Gasteiger partial charge in [0.05, 0.1) is 19.9 Å². The van der Waals surface area contributed by atoms with E-state index in [1.807, 2.05) is 24.3 Å². The van der Waals surface area contributed by atoms with Crippen molar-refractivity contribution >= 4 is 17.4 Å². The standard InChI is InChI=1S/C24H26N4O3/c1-30-19-8-9-22(31-2)20(15-19)27-24(29)18-10-11-26-23(14-18)28-13-12-25-21(16-28)17-6-4-3-5-7-17/h3-11,14-15,21,25H,12-13,16H2,1-2H3,(H,27,29)/t21-/m0/s1. The van der Waals surface area contributed by atoms with E-state index in [0.717, 1.165) is 25.5 Å². The van der Waals surface area contributed by atoms with Gasteiger partial charge in [0.1, 0.15) is 17.3 Å². The molecule has 0 aliphatic carbocycles. The van der Waals surface area contributed by atoms with Gasteiger partial charge in [0.25, 0.3) is 5.91 Å². The Morgan fingerprint density at radius 2 is 1.94 bits per heavy atom. The summed E-state index contributed by atoms with van der Waals surface area (Å²) in [6.07, 6.45) is 1.67. The molecule has 160 valence electrons. The molecule has 1 aliphatic rings. The van der Waals surface area contributed by atoms with Gasteiger partial charge < -0.3 is 25.0 Å². The molecule has 31 heavy (non-hydrogen) atoms. The zero-order valence-corrected chi connectivity index (χ0v) is 17.7. The lowest BCUT2D eigenvalue weighted by Crippen LogP contribution is -2.46. The van der Waals surface area contributed by atoms with Crippen LogP contribution in [0.25, 0.3) is 0 Å². The van der Waals surface area contributed by atoms with Gasteiger partial charge in [0.2, 0.25) is 0 Å². The molecule has 1 aromatic heterocycles. The van der Waals surface area contributed by atoms with Crippen molar-refractivity contribution in [2.75, 3.05) is 44.1 Å². The molecule has 2 N–H and O–H groups in total. The number of carbonyl (C=O) groups excluding carboxylic acids is 1. The number of anilines is 2.